The molecule has 1 aliphatic rings. The van der Waals surface area contributed by atoms with Gasteiger partial charge in [0.15, 0.2) is 11.3 Å². The zero-order valence-corrected chi connectivity index (χ0v) is 21.2. The van der Waals surface area contributed by atoms with Gasteiger partial charge < -0.3 is 15.7 Å². The second-order valence-corrected chi connectivity index (χ2v) is 10.6. The first kappa shape index (κ1) is 26.0. The van der Waals surface area contributed by atoms with Gasteiger partial charge in [-0.15, -0.1) is 0 Å². The van der Waals surface area contributed by atoms with E-state index in [1.807, 2.05) is 0 Å². The lowest BCUT2D eigenvalue weighted by atomic mass is 9.80. The van der Waals surface area contributed by atoms with E-state index in [0.717, 1.165) is 25.7 Å². The maximum Gasteiger partial charge on any atom is 0.284 e. The van der Waals surface area contributed by atoms with Gasteiger partial charge in [0.05, 0.1) is 23.5 Å². The van der Waals surface area contributed by atoms with Gasteiger partial charge in [0.25, 0.3) is 12.3 Å². The summed E-state index contributed by atoms with van der Waals surface area (Å²) in [5.41, 5.74) is -0.808. The summed E-state index contributed by atoms with van der Waals surface area (Å²) in [7, 11) is 0. The number of aromatic nitrogens is 5. The summed E-state index contributed by atoms with van der Waals surface area (Å²) >= 11 is 0. The molecule has 0 spiro atoms. The number of anilines is 2. The Morgan fingerprint density at radius 1 is 1.25 bits per heavy atom. The molecule has 1 fully saturated rings. The summed E-state index contributed by atoms with van der Waals surface area (Å²) in [6.45, 7) is 8.35. The number of halogens is 2. The third-order valence-electron chi connectivity index (χ3n) is 6.93. The molecule has 4 rings (SSSR count). The molecular formula is C25H35F2N7O2. The minimum absolute atomic E-state index is 0.000195. The first-order valence-corrected chi connectivity index (χ1v) is 12.5. The van der Waals surface area contributed by atoms with E-state index in [2.05, 4.69) is 39.7 Å². The van der Waals surface area contributed by atoms with Crippen molar-refractivity contribution in [3.8, 4) is 0 Å². The average molecular weight is 504 g/mol. The molecule has 9 nitrogen and oxygen atoms in total. The number of hydrogen-bond acceptors (Lipinski definition) is 6. The predicted octanol–water partition coefficient (Wildman–Crippen LogP) is 5.08. The molecule has 1 aliphatic carbocycles. The van der Waals surface area contributed by atoms with E-state index in [1.165, 1.54) is 16.9 Å². The van der Waals surface area contributed by atoms with Crippen LogP contribution in [0.2, 0.25) is 0 Å². The van der Waals surface area contributed by atoms with Crippen LogP contribution in [-0.4, -0.2) is 47.5 Å². The molecule has 3 heterocycles. The summed E-state index contributed by atoms with van der Waals surface area (Å²) in [5.74, 6) is 1.17. The molecule has 11 heteroatoms. The highest BCUT2D eigenvalue weighted by Crippen LogP contribution is 2.37. The van der Waals surface area contributed by atoms with E-state index in [9.17, 15) is 18.7 Å². The molecular weight excluding hydrogens is 468 g/mol. The van der Waals surface area contributed by atoms with Gasteiger partial charge in [-0.1, -0.05) is 13.8 Å². The van der Waals surface area contributed by atoms with Gasteiger partial charge in [0, 0.05) is 18.9 Å². The largest absolute Gasteiger partial charge is 0.390 e. The molecule has 0 unspecified atom stereocenters. The maximum atomic E-state index is 13.8. The van der Waals surface area contributed by atoms with Gasteiger partial charge in [-0.25, -0.2) is 18.3 Å². The van der Waals surface area contributed by atoms with Crippen LogP contribution in [0.3, 0.4) is 0 Å². The molecule has 3 aromatic heterocycles. The van der Waals surface area contributed by atoms with Crippen LogP contribution >= 0.6 is 0 Å². The second kappa shape index (κ2) is 10.5. The van der Waals surface area contributed by atoms with Crippen molar-refractivity contribution in [2.45, 2.75) is 77.9 Å². The van der Waals surface area contributed by atoms with Crippen LogP contribution in [0.15, 0.2) is 24.7 Å². The fraction of sp³-hybridized carbons (Fsp3) is 0.600. The molecule has 0 saturated heterocycles. The molecule has 0 aliphatic heterocycles. The summed E-state index contributed by atoms with van der Waals surface area (Å²) in [6, 6.07) is 1.75. The molecule has 36 heavy (non-hydrogen) atoms. The van der Waals surface area contributed by atoms with Crippen molar-refractivity contribution in [1.82, 2.24) is 24.4 Å². The molecule has 1 saturated carbocycles. The zero-order chi connectivity index (χ0) is 26.0. The van der Waals surface area contributed by atoms with Gasteiger partial charge in [-0.05, 0) is 63.9 Å². The normalized spacial score (nSPS) is 18.8. The van der Waals surface area contributed by atoms with Crippen molar-refractivity contribution in [2.24, 2.45) is 11.8 Å². The van der Waals surface area contributed by atoms with Crippen molar-refractivity contribution < 1.29 is 18.7 Å². The highest BCUT2D eigenvalue weighted by atomic mass is 19.3. The van der Waals surface area contributed by atoms with Crippen LogP contribution in [0.4, 0.5) is 20.3 Å². The van der Waals surface area contributed by atoms with E-state index >= 15 is 0 Å². The van der Waals surface area contributed by atoms with Crippen LogP contribution in [0.25, 0.3) is 5.65 Å². The van der Waals surface area contributed by atoms with Crippen LogP contribution < -0.4 is 10.6 Å². The van der Waals surface area contributed by atoms with E-state index in [1.54, 1.807) is 30.8 Å². The number of fused-ring (bicyclic) bond motifs is 1. The smallest absolute Gasteiger partial charge is 0.284 e. The first-order valence-electron chi connectivity index (χ1n) is 12.5. The second-order valence-electron chi connectivity index (χ2n) is 10.6. The Balaban J connectivity index is 1.50. The number of amides is 1. The van der Waals surface area contributed by atoms with E-state index in [4.69, 9.17) is 0 Å². The molecule has 0 bridgehead atoms. The Morgan fingerprint density at radius 2 is 1.97 bits per heavy atom. The summed E-state index contributed by atoms with van der Waals surface area (Å²) in [5, 5.41) is 23.9. The van der Waals surface area contributed by atoms with Crippen molar-refractivity contribution in [1.29, 1.82) is 0 Å². The Labute approximate surface area is 209 Å². The number of hydrogen-bond donors (Lipinski definition) is 3. The van der Waals surface area contributed by atoms with Gasteiger partial charge in [0.2, 0.25) is 0 Å². The highest BCUT2D eigenvalue weighted by molar-refractivity contribution is 6.08. The number of rotatable bonds is 9. The monoisotopic (exact) mass is 503 g/mol. The SMILES string of the molecule is CC(C)C1CCC(n2cc(NC(=O)c3cnn4ccc(NCCC(C)(C)O)nc34)c(C(F)F)n2)CC1. The lowest BCUT2D eigenvalue weighted by molar-refractivity contribution is 0.0748. The molecule has 0 aromatic carbocycles. The van der Waals surface area contributed by atoms with E-state index < -0.39 is 23.6 Å². The summed E-state index contributed by atoms with van der Waals surface area (Å²) in [4.78, 5) is 17.5. The maximum absolute atomic E-state index is 13.8. The fourth-order valence-corrected chi connectivity index (χ4v) is 4.70. The molecule has 0 radical (unpaired) electrons. The number of nitrogens with zero attached hydrogens (tertiary/aromatic N) is 5. The Bertz CT molecular complexity index is 1190. The van der Waals surface area contributed by atoms with Gasteiger partial charge >= 0.3 is 0 Å². The topological polar surface area (TPSA) is 109 Å². The lowest BCUT2D eigenvalue weighted by Crippen LogP contribution is -2.23. The number of alkyl halides is 2. The minimum Gasteiger partial charge on any atom is -0.390 e. The Hall–Kier alpha value is -3.08. The van der Waals surface area contributed by atoms with Crippen LogP contribution in [0.1, 0.15) is 88.3 Å². The quantitative estimate of drug-likeness (QED) is 0.376. The lowest BCUT2D eigenvalue weighted by Gasteiger charge is -2.30. The van der Waals surface area contributed by atoms with Crippen molar-refractivity contribution in [2.75, 3.05) is 17.2 Å². The molecule has 196 valence electrons. The van der Waals surface area contributed by atoms with Crippen LogP contribution in [0.5, 0.6) is 0 Å². The number of carbonyl (C=O) groups is 1. The van der Waals surface area contributed by atoms with E-state index in [0.29, 0.717) is 36.3 Å². The summed E-state index contributed by atoms with van der Waals surface area (Å²) in [6.07, 6.45) is 6.04. The average Bonchev–Trinajstić information content (AvgIpc) is 3.42. The third-order valence-corrected chi connectivity index (χ3v) is 6.93. The molecule has 0 atom stereocenters. The Morgan fingerprint density at radius 3 is 2.61 bits per heavy atom. The standard InChI is InChI=1S/C25H35F2N7O2/c1-15(2)16-5-7-17(8-6-16)34-14-19(21(32-34)22(26)27)30-24(35)18-13-29-33-12-9-20(31-23(18)33)28-11-10-25(3,4)36/h9,12-17,22,36H,5-8,10-11H2,1-4H3,(H,28,31)(H,30,35). The number of nitrogens with one attached hydrogen (secondary N) is 2. The van der Waals surface area contributed by atoms with Crippen LogP contribution in [-0.2, 0) is 0 Å². The molecule has 3 N–H and O–H groups in total. The summed E-state index contributed by atoms with van der Waals surface area (Å²) < 4.78 is 30.6. The van der Waals surface area contributed by atoms with Crippen molar-refractivity contribution >= 4 is 23.1 Å². The molecule has 1 amide bonds. The third kappa shape index (κ3) is 6.00. The highest BCUT2D eigenvalue weighted by Gasteiger charge is 2.28. The first-order chi connectivity index (χ1) is 17.0. The van der Waals surface area contributed by atoms with Crippen molar-refractivity contribution in [3.05, 3.63) is 35.9 Å². The molecule has 3 aromatic rings. The fourth-order valence-electron chi connectivity index (χ4n) is 4.70. The number of aliphatic hydroxyl groups is 1. The van der Waals surface area contributed by atoms with Gasteiger partial charge in [-0.2, -0.15) is 10.2 Å². The van der Waals surface area contributed by atoms with E-state index in [-0.39, 0.29) is 17.3 Å². The Kier molecular flexibility index (Phi) is 7.58. The zero-order valence-electron chi connectivity index (χ0n) is 21.2. The van der Waals surface area contributed by atoms with Gasteiger partial charge in [-0.3, -0.25) is 9.48 Å². The van der Waals surface area contributed by atoms with Crippen LogP contribution in [0, 0.1) is 11.8 Å². The van der Waals surface area contributed by atoms with Gasteiger partial charge in [0.1, 0.15) is 11.4 Å². The van der Waals surface area contributed by atoms with Crippen molar-refractivity contribution in [3.63, 3.8) is 0 Å². The predicted molar refractivity (Wildman–Crippen MR) is 133 cm³/mol. The number of carbonyl (C=O) groups excluding carboxylic acids is 1. The minimum atomic E-state index is -2.82.